The molecule has 1 amide bonds. The number of carbonyl (C=O) groups excluding carboxylic acids is 1. The van der Waals surface area contributed by atoms with Gasteiger partial charge in [-0.05, 0) is 30.3 Å². The van der Waals surface area contributed by atoms with Crippen molar-refractivity contribution in [3.05, 3.63) is 58.4 Å². The van der Waals surface area contributed by atoms with E-state index in [1.165, 1.54) is 18.2 Å². The van der Waals surface area contributed by atoms with E-state index in [2.05, 4.69) is 0 Å². The first-order valence-electron chi connectivity index (χ1n) is 5.90. The summed E-state index contributed by atoms with van der Waals surface area (Å²) < 4.78 is 26.0. The van der Waals surface area contributed by atoms with Crippen LogP contribution in [0, 0.1) is 5.82 Å². The summed E-state index contributed by atoms with van der Waals surface area (Å²) in [6.45, 7) is 0. The van der Waals surface area contributed by atoms with E-state index >= 15 is 0 Å². The van der Waals surface area contributed by atoms with Crippen molar-refractivity contribution in [1.82, 2.24) is 0 Å². The van der Waals surface area contributed by atoms with Crippen LogP contribution in [0.5, 0.6) is 0 Å². The summed E-state index contributed by atoms with van der Waals surface area (Å²) in [5.41, 5.74) is 11.3. The highest BCUT2D eigenvalue weighted by molar-refractivity contribution is 7.84. The number of hydrogen-bond donors (Lipinski definition) is 2. The van der Waals surface area contributed by atoms with Crippen LogP contribution < -0.4 is 11.5 Å². The molecule has 0 radical (unpaired) electrons. The molecule has 0 aliphatic rings. The Labute approximate surface area is 128 Å². The molecule has 0 spiro atoms. The number of amides is 1. The Kier molecular flexibility index (Phi) is 4.59. The summed E-state index contributed by atoms with van der Waals surface area (Å²) in [6, 6.07) is 8.43. The maximum absolute atomic E-state index is 13.8. The van der Waals surface area contributed by atoms with Gasteiger partial charge >= 0.3 is 0 Å². The molecule has 0 aromatic heterocycles. The van der Waals surface area contributed by atoms with Gasteiger partial charge in [0.2, 0.25) is 5.91 Å². The Balaban J connectivity index is 2.23. The molecule has 0 fully saturated rings. The quantitative estimate of drug-likeness (QED) is 0.846. The second-order valence-electron chi connectivity index (χ2n) is 4.34. The number of nitrogens with two attached hydrogens (primary N) is 2. The van der Waals surface area contributed by atoms with E-state index in [4.69, 9.17) is 23.1 Å². The fourth-order valence-corrected chi connectivity index (χ4v) is 3.09. The van der Waals surface area contributed by atoms with Crippen LogP contribution in [-0.2, 0) is 16.6 Å². The Bertz CT molecular complexity index is 737. The van der Waals surface area contributed by atoms with Crippen molar-refractivity contribution in [2.24, 2.45) is 5.73 Å². The maximum atomic E-state index is 13.8. The van der Waals surface area contributed by atoms with Gasteiger partial charge in [0.05, 0.1) is 27.3 Å². The van der Waals surface area contributed by atoms with Gasteiger partial charge in [-0.3, -0.25) is 9.00 Å². The first kappa shape index (κ1) is 15.5. The van der Waals surface area contributed by atoms with E-state index in [1.807, 2.05) is 0 Å². The zero-order valence-corrected chi connectivity index (χ0v) is 12.4. The van der Waals surface area contributed by atoms with Crippen molar-refractivity contribution in [2.45, 2.75) is 10.6 Å². The van der Waals surface area contributed by atoms with Crippen LogP contribution in [0.15, 0.2) is 41.3 Å². The monoisotopic (exact) mass is 326 g/mol. The number of halogens is 2. The highest BCUT2D eigenvalue weighted by Crippen LogP contribution is 2.23. The standard InChI is InChI=1S/C14H12ClFN2O2S/c15-11-6-10(3-4-13(11)17)21(20)7-9-2-1-8(14(18)19)5-12(9)16/h1-6H,7,17H2,(H2,18,19). The van der Waals surface area contributed by atoms with Crippen LogP contribution >= 0.6 is 11.6 Å². The number of rotatable bonds is 4. The molecule has 0 saturated carbocycles. The van der Waals surface area contributed by atoms with Gasteiger partial charge in [-0.15, -0.1) is 0 Å². The summed E-state index contributed by atoms with van der Waals surface area (Å²) in [4.78, 5) is 11.4. The van der Waals surface area contributed by atoms with Crippen molar-refractivity contribution in [1.29, 1.82) is 0 Å². The van der Waals surface area contributed by atoms with Crippen molar-refractivity contribution >= 4 is 34.0 Å². The summed E-state index contributed by atoms with van der Waals surface area (Å²) >= 11 is 5.86. The topological polar surface area (TPSA) is 86.2 Å². The fourth-order valence-electron chi connectivity index (χ4n) is 1.69. The Morgan fingerprint density at radius 3 is 2.52 bits per heavy atom. The van der Waals surface area contributed by atoms with E-state index in [-0.39, 0.29) is 16.9 Å². The zero-order valence-electron chi connectivity index (χ0n) is 10.8. The molecule has 2 aromatic rings. The zero-order chi connectivity index (χ0) is 15.6. The maximum Gasteiger partial charge on any atom is 0.248 e. The molecule has 1 unspecified atom stereocenters. The van der Waals surface area contributed by atoms with Crippen LogP contribution in [0.1, 0.15) is 15.9 Å². The predicted octanol–water partition coefficient (Wildman–Crippen LogP) is 2.47. The van der Waals surface area contributed by atoms with Gasteiger partial charge < -0.3 is 11.5 Å². The van der Waals surface area contributed by atoms with Gasteiger partial charge in [0.25, 0.3) is 0 Å². The van der Waals surface area contributed by atoms with E-state index in [0.717, 1.165) is 6.07 Å². The molecule has 0 bridgehead atoms. The molecule has 0 heterocycles. The SMILES string of the molecule is NC(=O)c1ccc(CS(=O)c2ccc(N)c(Cl)c2)c(F)c1. The number of primary amides is 1. The number of anilines is 1. The lowest BCUT2D eigenvalue weighted by Gasteiger charge is -2.06. The molecule has 1 atom stereocenters. The third kappa shape index (κ3) is 3.59. The lowest BCUT2D eigenvalue weighted by Crippen LogP contribution is -2.11. The van der Waals surface area contributed by atoms with E-state index in [0.29, 0.717) is 15.6 Å². The first-order valence-corrected chi connectivity index (χ1v) is 7.60. The average molecular weight is 327 g/mol. The van der Waals surface area contributed by atoms with Crippen molar-refractivity contribution in [2.75, 3.05) is 5.73 Å². The lowest BCUT2D eigenvalue weighted by atomic mass is 10.1. The fraction of sp³-hybridized carbons (Fsp3) is 0.0714. The highest BCUT2D eigenvalue weighted by Gasteiger charge is 2.12. The van der Waals surface area contributed by atoms with E-state index < -0.39 is 22.5 Å². The van der Waals surface area contributed by atoms with Crippen molar-refractivity contribution in [3.63, 3.8) is 0 Å². The molecule has 7 heteroatoms. The largest absolute Gasteiger partial charge is 0.398 e. The molecule has 2 aromatic carbocycles. The summed E-state index contributed by atoms with van der Waals surface area (Å²) in [6.07, 6.45) is 0. The normalized spacial score (nSPS) is 12.1. The van der Waals surface area contributed by atoms with E-state index in [9.17, 15) is 13.4 Å². The van der Waals surface area contributed by atoms with Crippen LogP contribution in [0.3, 0.4) is 0 Å². The molecule has 2 rings (SSSR count). The van der Waals surface area contributed by atoms with Crippen molar-refractivity contribution in [3.8, 4) is 0 Å². The smallest absolute Gasteiger partial charge is 0.248 e. The Morgan fingerprint density at radius 2 is 1.95 bits per heavy atom. The van der Waals surface area contributed by atoms with Gasteiger partial charge in [0, 0.05) is 16.0 Å². The summed E-state index contributed by atoms with van der Waals surface area (Å²) in [5, 5.41) is 0.297. The number of carbonyl (C=O) groups is 1. The van der Waals surface area contributed by atoms with Crippen LogP contribution in [0.2, 0.25) is 5.02 Å². The Morgan fingerprint density at radius 1 is 1.24 bits per heavy atom. The third-order valence-electron chi connectivity index (χ3n) is 2.86. The van der Waals surface area contributed by atoms with Gasteiger partial charge in [0.1, 0.15) is 5.82 Å². The minimum absolute atomic E-state index is 0.0366. The molecule has 110 valence electrons. The summed E-state index contributed by atoms with van der Waals surface area (Å²) in [5.74, 6) is -1.38. The van der Waals surface area contributed by atoms with Gasteiger partial charge in [-0.2, -0.15) is 0 Å². The molecule has 0 aliphatic carbocycles. The van der Waals surface area contributed by atoms with E-state index in [1.54, 1.807) is 12.1 Å². The Hall–Kier alpha value is -1.92. The molecule has 0 aliphatic heterocycles. The summed E-state index contributed by atoms with van der Waals surface area (Å²) in [7, 11) is -1.48. The van der Waals surface area contributed by atoms with Crippen LogP contribution in [0.25, 0.3) is 0 Å². The predicted molar refractivity (Wildman–Crippen MR) is 80.9 cm³/mol. The molecule has 4 N–H and O–H groups in total. The number of hydrogen-bond acceptors (Lipinski definition) is 3. The molecule has 21 heavy (non-hydrogen) atoms. The molecule has 0 saturated heterocycles. The van der Waals surface area contributed by atoms with Gasteiger partial charge in [-0.25, -0.2) is 4.39 Å². The first-order chi connectivity index (χ1) is 9.88. The number of benzene rings is 2. The minimum Gasteiger partial charge on any atom is -0.398 e. The minimum atomic E-state index is -1.48. The third-order valence-corrected chi connectivity index (χ3v) is 4.54. The number of nitrogen functional groups attached to an aromatic ring is 1. The van der Waals surface area contributed by atoms with Gasteiger partial charge in [0.15, 0.2) is 0 Å². The average Bonchev–Trinajstić information content (AvgIpc) is 2.43. The second-order valence-corrected chi connectivity index (χ2v) is 6.20. The highest BCUT2D eigenvalue weighted by atomic mass is 35.5. The molecule has 4 nitrogen and oxygen atoms in total. The van der Waals surface area contributed by atoms with Crippen LogP contribution in [0.4, 0.5) is 10.1 Å². The van der Waals surface area contributed by atoms with Gasteiger partial charge in [-0.1, -0.05) is 17.7 Å². The van der Waals surface area contributed by atoms with Crippen LogP contribution in [-0.4, -0.2) is 10.1 Å². The molecular formula is C14H12ClFN2O2S. The van der Waals surface area contributed by atoms with Crippen molar-refractivity contribution < 1.29 is 13.4 Å². The molecular weight excluding hydrogens is 315 g/mol. The lowest BCUT2D eigenvalue weighted by molar-refractivity contribution is 0.1000. The second kappa shape index (κ2) is 6.24.